The number of phenols is 1. The second-order valence-corrected chi connectivity index (χ2v) is 5.77. The number of hydrogen-bond acceptors (Lipinski definition) is 3. The summed E-state index contributed by atoms with van der Waals surface area (Å²) in [6.45, 7) is 4.68. The van der Waals surface area contributed by atoms with Crippen molar-refractivity contribution in [3.63, 3.8) is 0 Å². The summed E-state index contributed by atoms with van der Waals surface area (Å²) in [6.07, 6.45) is 1.86. The second kappa shape index (κ2) is 6.46. The molecular weight excluding hydrogens is 276 g/mol. The minimum atomic E-state index is -0.110. The predicted octanol–water partition coefficient (Wildman–Crippen LogP) is 2.60. The Labute approximate surface area is 124 Å². The van der Waals surface area contributed by atoms with Gasteiger partial charge in [0.05, 0.1) is 5.56 Å². The number of nitrogens with zero attached hydrogens (tertiary/aromatic N) is 2. The van der Waals surface area contributed by atoms with Crippen LogP contribution in [0.1, 0.15) is 30.1 Å². The third-order valence-electron chi connectivity index (χ3n) is 3.82. The van der Waals surface area contributed by atoms with Gasteiger partial charge in [-0.1, -0.05) is 18.5 Å². The van der Waals surface area contributed by atoms with Crippen LogP contribution in [0.3, 0.4) is 0 Å². The van der Waals surface area contributed by atoms with Crippen LogP contribution in [-0.4, -0.2) is 53.5 Å². The highest BCUT2D eigenvalue weighted by Crippen LogP contribution is 2.25. The summed E-state index contributed by atoms with van der Waals surface area (Å²) >= 11 is 5.82. The highest BCUT2D eigenvalue weighted by Gasteiger charge is 2.28. The van der Waals surface area contributed by atoms with Crippen molar-refractivity contribution in [2.75, 3.05) is 26.7 Å². The Kier molecular flexibility index (Phi) is 4.89. The first kappa shape index (κ1) is 15.1. The number of benzene rings is 1. The van der Waals surface area contributed by atoms with E-state index in [-0.39, 0.29) is 17.7 Å². The Morgan fingerprint density at radius 2 is 2.20 bits per heavy atom. The third kappa shape index (κ3) is 3.25. The molecule has 1 amide bonds. The van der Waals surface area contributed by atoms with Crippen molar-refractivity contribution in [3.05, 3.63) is 28.8 Å². The maximum Gasteiger partial charge on any atom is 0.257 e. The number of hydrogen-bond donors (Lipinski definition) is 1. The van der Waals surface area contributed by atoms with Crippen LogP contribution in [0, 0.1) is 0 Å². The lowest BCUT2D eigenvalue weighted by Crippen LogP contribution is -2.43. The molecular formula is C15H21ClN2O2. The van der Waals surface area contributed by atoms with E-state index in [4.69, 9.17) is 11.6 Å². The molecule has 0 aromatic heterocycles. The summed E-state index contributed by atoms with van der Waals surface area (Å²) < 4.78 is 0. The molecule has 1 aromatic rings. The molecule has 0 bridgehead atoms. The molecule has 1 aliphatic heterocycles. The van der Waals surface area contributed by atoms with E-state index in [1.807, 2.05) is 4.90 Å². The highest BCUT2D eigenvalue weighted by molar-refractivity contribution is 6.30. The molecule has 20 heavy (non-hydrogen) atoms. The minimum Gasteiger partial charge on any atom is -0.507 e. The zero-order chi connectivity index (χ0) is 14.7. The Morgan fingerprint density at radius 3 is 2.85 bits per heavy atom. The van der Waals surface area contributed by atoms with Gasteiger partial charge in [-0.2, -0.15) is 0 Å². The van der Waals surface area contributed by atoms with E-state index in [1.54, 1.807) is 12.1 Å². The molecule has 0 spiro atoms. The van der Waals surface area contributed by atoms with Crippen LogP contribution in [0.5, 0.6) is 5.75 Å². The van der Waals surface area contributed by atoms with Crippen LogP contribution < -0.4 is 0 Å². The van der Waals surface area contributed by atoms with E-state index in [2.05, 4.69) is 18.9 Å². The first-order valence-electron chi connectivity index (χ1n) is 7.01. The van der Waals surface area contributed by atoms with Gasteiger partial charge in [0, 0.05) is 24.2 Å². The van der Waals surface area contributed by atoms with Crippen molar-refractivity contribution in [3.8, 4) is 5.75 Å². The van der Waals surface area contributed by atoms with Crippen LogP contribution in [-0.2, 0) is 0 Å². The van der Waals surface area contributed by atoms with E-state index < -0.39 is 0 Å². The normalized spacial score (nSPS) is 20.8. The van der Waals surface area contributed by atoms with Gasteiger partial charge in [-0.3, -0.25) is 4.79 Å². The average molecular weight is 297 g/mol. The number of phenolic OH excluding ortho intramolecular Hbond substituents is 1. The van der Waals surface area contributed by atoms with Crippen molar-refractivity contribution < 1.29 is 9.90 Å². The highest BCUT2D eigenvalue weighted by atomic mass is 35.5. The maximum atomic E-state index is 12.7. The van der Waals surface area contributed by atoms with Crippen LogP contribution in [0.25, 0.3) is 0 Å². The van der Waals surface area contributed by atoms with Gasteiger partial charge in [0.2, 0.25) is 0 Å². The van der Waals surface area contributed by atoms with E-state index in [0.717, 1.165) is 32.5 Å². The Hall–Kier alpha value is -1.26. The van der Waals surface area contributed by atoms with Crippen molar-refractivity contribution in [1.82, 2.24) is 9.80 Å². The number of carbonyl (C=O) groups is 1. The van der Waals surface area contributed by atoms with Gasteiger partial charge in [0.25, 0.3) is 5.91 Å². The van der Waals surface area contributed by atoms with Crippen molar-refractivity contribution >= 4 is 17.5 Å². The van der Waals surface area contributed by atoms with E-state index in [1.165, 1.54) is 6.07 Å². The Morgan fingerprint density at radius 1 is 1.45 bits per heavy atom. The number of aromatic hydroxyl groups is 1. The maximum absolute atomic E-state index is 12.7. The smallest absolute Gasteiger partial charge is 0.257 e. The van der Waals surface area contributed by atoms with Crippen LogP contribution in [0.2, 0.25) is 5.02 Å². The Balaban J connectivity index is 2.25. The first-order valence-corrected chi connectivity index (χ1v) is 7.38. The fraction of sp³-hybridized carbons (Fsp3) is 0.533. The molecule has 0 saturated carbocycles. The molecule has 4 nitrogen and oxygen atoms in total. The van der Waals surface area contributed by atoms with Crippen LogP contribution in [0.15, 0.2) is 18.2 Å². The van der Waals surface area contributed by atoms with E-state index >= 15 is 0 Å². The molecule has 1 aliphatic rings. The standard InChI is InChI=1S/C15H21ClN2O2/c1-3-12-10-17(2)7-4-8-18(12)15(20)13-6-5-11(16)9-14(13)19/h5-6,9,12,19H,3-4,7-8,10H2,1-2H3. The molecule has 1 N–H and O–H groups in total. The largest absolute Gasteiger partial charge is 0.507 e. The molecule has 1 atom stereocenters. The zero-order valence-corrected chi connectivity index (χ0v) is 12.7. The summed E-state index contributed by atoms with van der Waals surface area (Å²) in [7, 11) is 2.08. The summed E-state index contributed by atoms with van der Waals surface area (Å²) in [6, 6.07) is 4.84. The summed E-state index contributed by atoms with van der Waals surface area (Å²) in [4.78, 5) is 16.8. The van der Waals surface area contributed by atoms with Gasteiger partial charge in [-0.25, -0.2) is 0 Å². The van der Waals surface area contributed by atoms with Crippen LogP contribution in [0.4, 0.5) is 0 Å². The van der Waals surface area contributed by atoms with Gasteiger partial charge in [0.1, 0.15) is 5.75 Å². The number of carbonyl (C=O) groups excluding carboxylic acids is 1. The second-order valence-electron chi connectivity index (χ2n) is 5.34. The zero-order valence-electron chi connectivity index (χ0n) is 12.0. The molecule has 5 heteroatoms. The molecule has 110 valence electrons. The minimum absolute atomic E-state index is 0.0463. The molecule has 0 radical (unpaired) electrons. The van der Waals surface area contributed by atoms with Crippen LogP contribution >= 0.6 is 11.6 Å². The van der Waals surface area contributed by atoms with Gasteiger partial charge in [-0.05, 0) is 44.6 Å². The first-order chi connectivity index (χ1) is 9.52. The molecule has 2 rings (SSSR count). The van der Waals surface area contributed by atoms with E-state index in [0.29, 0.717) is 10.6 Å². The van der Waals surface area contributed by atoms with Gasteiger partial charge < -0.3 is 14.9 Å². The molecule has 1 unspecified atom stereocenters. The monoisotopic (exact) mass is 296 g/mol. The summed E-state index contributed by atoms with van der Waals surface area (Å²) in [5, 5.41) is 10.4. The predicted molar refractivity (Wildman–Crippen MR) is 80.3 cm³/mol. The number of likely N-dealkylation sites (N-methyl/N-ethyl adjacent to an activating group) is 1. The molecule has 1 saturated heterocycles. The Bertz CT molecular complexity index is 493. The molecule has 1 fully saturated rings. The van der Waals surface area contributed by atoms with Crippen molar-refractivity contribution in [2.24, 2.45) is 0 Å². The lowest BCUT2D eigenvalue weighted by Gasteiger charge is -2.30. The number of halogens is 1. The number of amides is 1. The van der Waals surface area contributed by atoms with Gasteiger partial charge in [0.15, 0.2) is 0 Å². The summed E-state index contributed by atoms with van der Waals surface area (Å²) in [5.74, 6) is -0.156. The van der Waals surface area contributed by atoms with Crippen molar-refractivity contribution in [2.45, 2.75) is 25.8 Å². The van der Waals surface area contributed by atoms with Crippen molar-refractivity contribution in [1.29, 1.82) is 0 Å². The van der Waals surface area contributed by atoms with E-state index in [9.17, 15) is 9.90 Å². The quantitative estimate of drug-likeness (QED) is 0.912. The summed E-state index contributed by atoms with van der Waals surface area (Å²) in [5.41, 5.74) is 0.331. The average Bonchev–Trinajstić information content (AvgIpc) is 2.59. The SMILES string of the molecule is CCC1CN(C)CCCN1C(=O)c1ccc(Cl)cc1O. The molecule has 0 aliphatic carbocycles. The number of rotatable bonds is 2. The van der Waals surface area contributed by atoms with Gasteiger partial charge in [-0.15, -0.1) is 0 Å². The fourth-order valence-corrected chi connectivity index (χ4v) is 2.87. The molecule has 1 aromatic carbocycles. The molecule has 1 heterocycles. The topological polar surface area (TPSA) is 43.8 Å². The lowest BCUT2D eigenvalue weighted by molar-refractivity contribution is 0.0672. The lowest BCUT2D eigenvalue weighted by atomic mass is 10.1. The third-order valence-corrected chi connectivity index (χ3v) is 4.06. The fourth-order valence-electron chi connectivity index (χ4n) is 2.70. The van der Waals surface area contributed by atoms with Gasteiger partial charge >= 0.3 is 0 Å².